The summed E-state index contributed by atoms with van der Waals surface area (Å²) in [6.45, 7) is 1.76. The number of H-pyrrole nitrogens is 1. The molecule has 0 saturated carbocycles. The van der Waals surface area contributed by atoms with E-state index >= 15 is 0 Å². The molecule has 442 valence electrons. The summed E-state index contributed by atoms with van der Waals surface area (Å²) >= 11 is 0. The Morgan fingerprint density at radius 3 is 1.26 bits per heavy atom. The van der Waals surface area contributed by atoms with Crippen molar-refractivity contribution in [1.29, 1.82) is 0 Å². The molecule has 0 bridgehead atoms. The summed E-state index contributed by atoms with van der Waals surface area (Å²) in [4.78, 5) is 107. The van der Waals surface area contributed by atoms with Gasteiger partial charge in [0, 0.05) is 38.9 Å². The number of benzene rings is 6. The highest BCUT2D eigenvalue weighted by molar-refractivity contribution is 5.93. The number of fused-ring (bicyclic) bond motifs is 4. The Kier molecular flexibility index (Phi) is 25.0. The number of amides is 2. The van der Waals surface area contributed by atoms with Crippen LogP contribution in [0.2, 0.25) is 0 Å². The highest BCUT2D eigenvalue weighted by Crippen LogP contribution is 2.18. The van der Waals surface area contributed by atoms with Crippen molar-refractivity contribution >= 4 is 84.1 Å². The molecule has 0 atom stereocenters. The molecular weight excluding hydrogens is 1090 g/mol. The Labute approximate surface area is 486 Å². The number of nitrogens with zero attached hydrogens (tertiary/aromatic N) is 6. The lowest BCUT2D eigenvalue weighted by Crippen LogP contribution is -2.21. The maximum Gasteiger partial charge on any atom is 0.419 e. The number of nitrogen functional groups attached to an aromatic ring is 3. The molecule has 4 heterocycles. The van der Waals surface area contributed by atoms with Crippen molar-refractivity contribution in [2.24, 2.45) is 0 Å². The zero-order valence-corrected chi connectivity index (χ0v) is 46.7. The number of aryl methyl sites for hydroxylation is 3. The Morgan fingerprint density at radius 1 is 0.459 bits per heavy atom. The second-order valence-electron chi connectivity index (χ2n) is 19.3. The third-order valence-electron chi connectivity index (χ3n) is 13.0. The number of nitrogens with one attached hydrogen (secondary N) is 3. The first kappa shape index (κ1) is 63.6. The maximum absolute atomic E-state index is 12.4. The van der Waals surface area contributed by atoms with E-state index in [1.807, 2.05) is 78.9 Å². The zero-order valence-electron chi connectivity index (χ0n) is 46.7. The van der Waals surface area contributed by atoms with Gasteiger partial charge in [0.15, 0.2) is 0 Å². The Hall–Kier alpha value is -10.6. The molecule has 0 fully saturated rings. The smallest absolute Gasteiger partial charge is 0.419 e. The molecule has 0 aliphatic carbocycles. The maximum atomic E-state index is 12.4. The standard InChI is InChI=1S/C20H22N4O2.C14H17N3O3.C14H16N2O3.C8H5NO3.C6H8N2/c21-16-9-4-6-11-18(16)23-19(25)12-2-1-7-13-24-14-22-17-10-5-3-8-15(17)20(24)26;18-13(16-20)8-2-1-5-9-17-10-15-12-7-4-3-6-11(12)14(17)19;17-13(18)8-2-1-5-9-16-10-15-12-7-4-3-6-11(12)14(16)19;10-7-5-3-1-2-4-6(5)9-8(11)12-7;7-5-3-1-2-4-6(5)8/h3-6,8-11,14H,1-2,7,12-13,21H2,(H,23,25);3-4,6-7,10,20H,1-2,5,8-9H2,(H,16,18);3-4,6-7,10H,1-2,5,8-9H2,(H,17,18);1-4H,(H,9,11);1-4H,7-8H2. The van der Waals surface area contributed by atoms with Gasteiger partial charge in [-0.2, -0.15) is 0 Å². The summed E-state index contributed by atoms with van der Waals surface area (Å²) in [6.07, 6.45) is 12.6. The molecule has 0 saturated heterocycles. The van der Waals surface area contributed by atoms with Crippen LogP contribution in [0.3, 0.4) is 0 Å². The van der Waals surface area contributed by atoms with Crippen molar-refractivity contribution in [2.75, 3.05) is 22.5 Å². The number of hydrogen-bond acceptors (Lipinski definition) is 16. The van der Waals surface area contributed by atoms with Crippen LogP contribution in [0.15, 0.2) is 193 Å². The van der Waals surface area contributed by atoms with Gasteiger partial charge in [-0.1, -0.05) is 92.1 Å². The fourth-order valence-electron chi connectivity index (χ4n) is 8.46. The van der Waals surface area contributed by atoms with Crippen molar-refractivity contribution in [2.45, 2.75) is 96.7 Å². The van der Waals surface area contributed by atoms with E-state index in [9.17, 15) is 38.4 Å². The monoisotopic (exact) mass is 1160 g/mol. The summed E-state index contributed by atoms with van der Waals surface area (Å²) in [6, 6.07) is 43.0. The van der Waals surface area contributed by atoms with Gasteiger partial charge in [0.25, 0.3) is 16.7 Å². The van der Waals surface area contributed by atoms with Crippen LogP contribution in [-0.4, -0.2) is 61.7 Å². The number of hydrogen-bond donors (Lipinski definition) is 8. The predicted molar refractivity (Wildman–Crippen MR) is 329 cm³/mol. The van der Waals surface area contributed by atoms with Crippen molar-refractivity contribution in [3.63, 3.8) is 0 Å². The molecule has 2 amide bonds. The van der Waals surface area contributed by atoms with Gasteiger partial charge < -0.3 is 32.0 Å². The lowest BCUT2D eigenvalue weighted by atomic mass is 10.1. The number of para-hydroxylation sites is 8. The summed E-state index contributed by atoms with van der Waals surface area (Å²) in [5, 5.41) is 22.0. The molecule has 10 aromatic rings. The molecule has 6 aromatic carbocycles. The van der Waals surface area contributed by atoms with Crippen molar-refractivity contribution < 1.29 is 29.1 Å². The molecule has 85 heavy (non-hydrogen) atoms. The van der Waals surface area contributed by atoms with Crippen LogP contribution in [0, 0.1) is 0 Å². The summed E-state index contributed by atoms with van der Waals surface area (Å²) in [5.74, 6) is -1.93. The molecule has 0 aliphatic rings. The van der Waals surface area contributed by atoms with E-state index < -0.39 is 17.4 Å². The minimum atomic E-state index is -0.774. The topological polar surface area (TPSA) is 362 Å². The van der Waals surface area contributed by atoms with Gasteiger partial charge in [0.1, 0.15) is 0 Å². The highest BCUT2D eigenvalue weighted by atomic mass is 16.5. The number of nitrogens with two attached hydrogens (primary N) is 3. The number of anilines is 4. The van der Waals surface area contributed by atoms with Crippen LogP contribution in [0.5, 0.6) is 0 Å². The van der Waals surface area contributed by atoms with Gasteiger partial charge >= 0.3 is 17.4 Å². The van der Waals surface area contributed by atoms with E-state index in [0.29, 0.717) is 112 Å². The Bertz CT molecular complexity index is 4120. The number of carbonyl (C=O) groups excluding carboxylic acids is 2. The molecule has 11 N–H and O–H groups in total. The largest absolute Gasteiger partial charge is 0.481 e. The molecular formula is C62H68N12O11. The van der Waals surface area contributed by atoms with Crippen LogP contribution < -0.4 is 56.1 Å². The van der Waals surface area contributed by atoms with Crippen LogP contribution in [0.1, 0.15) is 77.0 Å². The van der Waals surface area contributed by atoms with Gasteiger partial charge in [-0.3, -0.25) is 52.7 Å². The van der Waals surface area contributed by atoms with Crippen molar-refractivity contribution in [3.05, 3.63) is 217 Å². The summed E-state index contributed by atoms with van der Waals surface area (Å²) < 4.78 is 9.13. The minimum Gasteiger partial charge on any atom is -0.481 e. The predicted octanol–water partition coefficient (Wildman–Crippen LogP) is 8.01. The van der Waals surface area contributed by atoms with E-state index in [4.69, 9.17) is 27.5 Å². The van der Waals surface area contributed by atoms with Gasteiger partial charge in [0.05, 0.1) is 85.3 Å². The van der Waals surface area contributed by atoms with Gasteiger partial charge in [-0.05, 0) is 111 Å². The number of hydroxylamine groups is 1. The fraction of sp³-hybridized carbons (Fsp3) is 0.242. The van der Waals surface area contributed by atoms with Crippen LogP contribution in [-0.2, 0) is 34.0 Å². The SMILES string of the molecule is Nc1ccccc1N.Nc1ccccc1NC(=O)CCCCCn1cnc2ccccc2c1=O.O=C(CCCCCn1cnc2ccccc2c1=O)NO.O=C(O)CCCCCn1cnc2ccccc2c1=O.O=c1[nH]c2ccccc2c(=O)o1. The van der Waals surface area contributed by atoms with E-state index in [1.54, 1.807) is 105 Å². The van der Waals surface area contributed by atoms with Gasteiger partial charge in [-0.25, -0.2) is 30.0 Å². The summed E-state index contributed by atoms with van der Waals surface area (Å²) in [5.41, 5.74) is 22.6. The number of aromatic nitrogens is 7. The lowest BCUT2D eigenvalue weighted by molar-refractivity contribution is -0.137. The van der Waals surface area contributed by atoms with Crippen LogP contribution >= 0.6 is 0 Å². The molecule has 10 rings (SSSR count). The second kappa shape index (κ2) is 33.4. The quantitative estimate of drug-likeness (QED) is 0.0164. The molecule has 0 spiro atoms. The molecule has 0 radical (unpaired) electrons. The Balaban J connectivity index is 0.000000178. The first-order valence-corrected chi connectivity index (χ1v) is 27.5. The first-order chi connectivity index (χ1) is 41.1. The van der Waals surface area contributed by atoms with Gasteiger partial charge in [-0.15, -0.1) is 0 Å². The van der Waals surface area contributed by atoms with E-state index in [0.717, 1.165) is 44.9 Å². The van der Waals surface area contributed by atoms with E-state index in [-0.39, 0.29) is 34.9 Å². The number of rotatable bonds is 19. The molecule has 4 aromatic heterocycles. The van der Waals surface area contributed by atoms with E-state index in [2.05, 4.69) is 29.7 Å². The zero-order chi connectivity index (χ0) is 60.9. The molecule has 23 heteroatoms. The first-order valence-electron chi connectivity index (χ1n) is 27.5. The average Bonchev–Trinajstić information content (AvgIpc) is 3.13. The molecule has 0 aliphatic heterocycles. The van der Waals surface area contributed by atoms with Gasteiger partial charge in [0.2, 0.25) is 11.8 Å². The number of unbranched alkanes of at least 4 members (excludes halogenated alkanes) is 6. The minimum absolute atomic E-state index is 0.0205. The summed E-state index contributed by atoms with van der Waals surface area (Å²) in [7, 11) is 0. The third-order valence-corrected chi connectivity index (χ3v) is 13.0. The second-order valence-corrected chi connectivity index (χ2v) is 19.3. The molecule has 0 unspecified atom stereocenters. The lowest BCUT2D eigenvalue weighted by Gasteiger charge is -2.08. The number of carbonyl (C=O) groups is 3. The van der Waals surface area contributed by atoms with Crippen molar-refractivity contribution in [1.82, 2.24) is 39.1 Å². The number of carboxylic acids is 1. The van der Waals surface area contributed by atoms with Crippen LogP contribution in [0.25, 0.3) is 43.6 Å². The van der Waals surface area contributed by atoms with Crippen LogP contribution in [0.4, 0.5) is 22.7 Å². The van der Waals surface area contributed by atoms with E-state index in [1.165, 1.54) is 0 Å². The normalized spacial score (nSPS) is 10.5. The number of aliphatic carboxylic acids is 1. The third kappa shape index (κ3) is 20.1. The highest BCUT2D eigenvalue weighted by Gasteiger charge is 2.09. The fourth-order valence-corrected chi connectivity index (χ4v) is 8.46. The average molecular weight is 1160 g/mol. The number of aromatic amines is 1. The number of carboxylic acid groups (broad SMARTS) is 1. The molecule has 23 nitrogen and oxygen atoms in total. The van der Waals surface area contributed by atoms with Crippen molar-refractivity contribution in [3.8, 4) is 0 Å². The Morgan fingerprint density at radius 2 is 0.835 bits per heavy atom.